The molecule has 1 unspecified atom stereocenters. The summed E-state index contributed by atoms with van der Waals surface area (Å²) >= 11 is 0. The third kappa shape index (κ3) is 9.28. The van der Waals surface area contributed by atoms with Crippen LogP contribution in [-0.2, 0) is 23.7 Å². The van der Waals surface area contributed by atoms with Crippen LogP contribution in [0.3, 0.4) is 0 Å². The fourth-order valence-electron chi connectivity index (χ4n) is 5.94. The van der Waals surface area contributed by atoms with Gasteiger partial charge in [-0.15, -0.1) is 0 Å². The fourth-order valence-corrected chi connectivity index (χ4v) is 5.94. The molecule has 6 rings (SSSR count). The summed E-state index contributed by atoms with van der Waals surface area (Å²) in [6.07, 6.45) is -15.6. The third-order valence-electron chi connectivity index (χ3n) is 8.97. The fraction of sp³-hybridized carbons (Fsp3) is 0.368. The Morgan fingerprint density at radius 1 is 0.732 bits per heavy atom. The second kappa shape index (κ2) is 17.3. The molecule has 1 aliphatic carbocycles. The van der Waals surface area contributed by atoms with Gasteiger partial charge in [-0.1, -0.05) is 18.2 Å². The van der Waals surface area contributed by atoms with Crippen molar-refractivity contribution < 1.29 is 83.6 Å². The van der Waals surface area contributed by atoms with E-state index in [4.69, 9.17) is 32.8 Å². The smallest absolute Gasteiger partial charge is 0.302 e. The van der Waals surface area contributed by atoms with Crippen LogP contribution in [-0.4, -0.2) is 133 Å². The molecule has 3 aliphatic heterocycles. The van der Waals surface area contributed by atoms with Crippen molar-refractivity contribution in [3.05, 3.63) is 88.6 Å². The molecule has 18 nitrogen and oxygen atoms in total. The molecule has 0 bridgehead atoms. The zero-order chi connectivity index (χ0) is 40.3. The van der Waals surface area contributed by atoms with Crippen LogP contribution in [0.4, 0.5) is 0 Å². The number of fused-ring (bicyclic) bond motifs is 1. The van der Waals surface area contributed by atoms with Crippen molar-refractivity contribution in [2.45, 2.75) is 74.6 Å². The summed E-state index contributed by atoms with van der Waals surface area (Å²) in [6, 6.07) is 15.1. The van der Waals surface area contributed by atoms with E-state index in [1.807, 2.05) is 0 Å². The first kappa shape index (κ1) is 40.5. The van der Waals surface area contributed by atoms with Crippen LogP contribution in [0.2, 0.25) is 0 Å². The van der Waals surface area contributed by atoms with E-state index in [1.165, 1.54) is 54.6 Å². The predicted octanol–water partition coefficient (Wildman–Crippen LogP) is -0.193. The van der Waals surface area contributed by atoms with Crippen molar-refractivity contribution in [2.24, 2.45) is 0 Å². The molecule has 300 valence electrons. The maximum absolute atomic E-state index is 12.9. The van der Waals surface area contributed by atoms with Gasteiger partial charge in [0.2, 0.25) is 12.6 Å². The van der Waals surface area contributed by atoms with Crippen molar-refractivity contribution in [2.75, 3.05) is 13.2 Å². The van der Waals surface area contributed by atoms with Gasteiger partial charge in [0.15, 0.2) is 23.2 Å². The Labute approximate surface area is 317 Å². The molecule has 2 aromatic rings. The molecule has 3 heterocycles. The molecule has 56 heavy (non-hydrogen) atoms. The number of hydrogen-bond acceptors (Lipinski definition) is 18. The van der Waals surface area contributed by atoms with Gasteiger partial charge < -0.3 is 78.8 Å². The minimum absolute atomic E-state index is 0.0179. The minimum Gasteiger partial charge on any atom is -0.508 e. The molecule has 2 aromatic carbocycles. The number of ether oxygens (including phenoxy) is 6. The lowest BCUT2D eigenvalue weighted by Crippen LogP contribution is -2.60. The van der Waals surface area contributed by atoms with Crippen LogP contribution in [0.25, 0.3) is 28.7 Å². The first-order chi connectivity index (χ1) is 26.7. The maximum Gasteiger partial charge on any atom is 0.302 e. The van der Waals surface area contributed by atoms with Gasteiger partial charge in [0.25, 0.3) is 0 Å². The van der Waals surface area contributed by atoms with E-state index in [0.717, 1.165) is 19.1 Å². The van der Waals surface area contributed by atoms with E-state index in [2.05, 4.69) is 0 Å². The standard InChI is InChI=1S/C38H40O18/c1-17(39)50-15-27-30(44)32(46)34(48)37(55-27)53-25-13-22(42)12-24-23(25)14-26(36(52-24)19-5-9-21(41)10-6-19)54-38-35(49)33(47)31(45)28(56-38)16-51-29(43)11-4-18-2-7-20(40)8-3-18/h2-14,27-35,37-38,40-41,43-49H,15-16H2,1H3/t27-,28-,29?,30-,31-,32+,33+,34-,35-,37-,38-/m1/s1. The highest BCUT2D eigenvalue weighted by Gasteiger charge is 2.47. The third-order valence-corrected chi connectivity index (χ3v) is 8.97. The minimum atomic E-state index is -1.86. The lowest BCUT2D eigenvalue weighted by molar-refractivity contribution is -0.284. The molecule has 2 saturated heterocycles. The number of phenolic OH excluding ortho intramolecular Hbond substituents is 2. The zero-order valence-corrected chi connectivity index (χ0v) is 29.5. The Kier molecular flexibility index (Phi) is 12.6. The molecular formula is C38H40O18. The predicted molar refractivity (Wildman–Crippen MR) is 189 cm³/mol. The van der Waals surface area contributed by atoms with Gasteiger partial charge in [0, 0.05) is 24.6 Å². The van der Waals surface area contributed by atoms with Crippen molar-refractivity contribution in [3.63, 3.8) is 0 Å². The topological polar surface area (TPSA) is 285 Å². The molecule has 9 N–H and O–H groups in total. The van der Waals surface area contributed by atoms with Crippen LogP contribution >= 0.6 is 0 Å². The number of benzene rings is 3. The SMILES string of the molecule is CC(=O)OC[C@H]1O[C@@H](Oc2cc(=O)cc3oc(-c4ccc(O)cc4)c(O[C@@H]4O[C@H](COC(O)C=Cc5ccc(O)cc5)[C@@H](O)[C@H](O)[C@H]4O)cc2-3)[C@H](O)[C@@H](O)[C@@H]1O. The number of aliphatic hydroxyl groups is 7. The van der Waals surface area contributed by atoms with Crippen LogP contribution in [0.15, 0.2) is 82.0 Å². The normalized spacial score (nSPS) is 28.6. The van der Waals surface area contributed by atoms with Crippen LogP contribution in [0.1, 0.15) is 12.5 Å². The van der Waals surface area contributed by atoms with Gasteiger partial charge in [0.05, 0.1) is 12.2 Å². The number of aliphatic hydroxyl groups excluding tert-OH is 7. The van der Waals surface area contributed by atoms with Crippen LogP contribution in [0, 0.1) is 0 Å². The Morgan fingerprint density at radius 2 is 1.29 bits per heavy atom. The number of carbonyl (C=O) groups is 1. The summed E-state index contributed by atoms with van der Waals surface area (Å²) < 4.78 is 39.8. The zero-order valence-electron chi connectivity index (χ0n) is 29.5. The number of rotatable bonds is 12. The van der Waals surface area contributed by atoms with E-state index in [-0.39, 0.29) is 40.1 Å². The number of aromatic hydroxyl groups is 2. The number of esters is 1. The largest absolute Gasteiger partial charge is 0.508 e. The molecule has 11 atom stereocenters. The Balaban J connectivity index is 1.29. The number of hydrogen-bond donors (Lipinski definition) is 9. The highest BCUT2D eigenvalue weighted by atomic mass is 16.7. The van der Waals surface area contributed by atoms with Crippen molar-refractivity contribution in [1.29, 1.82) is 0 Å². The Morgan fingerprint density at radius 3 is 1.88 bits per heavy atom. The van der Waals surface area contributed by atoms with Crippen molar-refractivity contribution in [3.8, 4) is 45.6 Å². The summed E-state index contributed by atoms with van der Waals surface area (Å²) in [7, 11) is 0. The molecule has 0 saturated carbocycles. The highest BCUT2D eigenvalue weighted by Crippen LogP contribution is 2.43. The average Bonchev–Trinajstić information content (AvgIpc) is 3.17. The molecule has 2 fully saturated rings. The molecule has 18 heteroatoms. The van der Waals surface area contributed by atoms with E-state index in [9.17, 15) is 55.5 Å². The molecule has 0 amide bonds. The molecular weight excluding hydrogens is 744 g/mol. The summed E-state index contributed by atoms with van der Waals surface area (Å²) in [6.45, 7) is 0.123. The van der Waals surface area contributed by atoms with E-state index in [0.29, 0.717) is 11.1 Å². The summed E-state index contributed by atoms with van der Waals surface area (Å²) in [4.78, 5) is 24.2. The maximum atomic E-state index is 12.9. The molecule has 4 aliphatic rings. The summed E-state index contributed by atoms with van der Waals surface area (Å²) in [5.41, 5.74) is 0.322. The second-order valence-corrected chi connectivity index (χ2v) is 13.1. The first-order valence-electron chi connectivity index (χ1n) is 17.2. The van der Waals surface area contributed by atoms with E-state index in [1.54, 1.807) is 12.1 Å². The summed E-state index contributed by atoms with van der Waals surface area (Å²) in [5.74, 6) is -1.35. The monoisotopic (exact) mass is 784 g/mol. The van der Waals surface area contributed by atoms with Gasteiger partial charge in [0.1, 0.15) is 78.4 Å². The van der Waals surface area contributed by atoms with Crippen molar-refractivity contribution in [1.82, 2.24) is 0 Å². The van der Waals surface area contributed by atoms with Crippen LogP contribution < -0.4 is 14.9 Å². The lowest BCUT2D eigenvalue weighted by atomic mass is 9.99. The van der Waals surface area contributed by atoms with Gasteiger partial charge in [-0.2, -0.15) is 0 Å². The second-order valence-electron chi connectivity index (χ2n) is 13.1. The Hall–Kier alpha value is -5.12. The van der Waals surface area contributed by atoms with Gasteiger partial charge >= 0.3 is 5.97 Å². The Bertz CT molecular complexity index is 2000. The number of phenols is 2. The van der Waals surface area contributed by atoms with E-state index >= 15 is 0 Å². The van der Waals surface area contributed by atoms with Crippen LogP contribution in [0.5, 0.6) is 23.0 Å². The van der Waals surface area contributed by atoms with Crippen molar-refractivity contribution >= 4 is 12.0 Å². The number of carbonyl (C=O) groups excluding carboxylic acids is 1. The van der Waals surface area contributed by atoms with Gasteiger partial charge in [-0.25, -0.2) is 0 Å². The van der Waals surface area contributed by atoms with Gasteiger partial charge in [-0.05, 0) is 54.1 Å². The summed E-state index contributed by atoms with van der Waals surface area (Å²) in [5, 5.41) is 93.9. The first-order valence-corrected chi connectivity index (χ1v) is 17.2. The molecule has 0 radical (unpaired) electrons. The van der Waals surface area contributed by atoms with Gasteiger partial charge in [-0.3, -0.25) is 9.59 Å². The quantitative estimate of drug-likeness (QED) is 0.0665. The van der Waals surface area contributed by atoms with E-state index < -0.39 is 92.3 Å². The highest BCUT2D eigenvalue weighted by molar-refractivity contribution is 5.75. The lowest BCUT2D eigenvalue weighted by Gasteiger charge is -2.40. The molecule has 0 aromatic heterocycles. The molecule has 0 spiro atoms. The average molecular weight is 785 g/mol.